The third kappa shape index (κ3) is 3.08. The van der Waals surface area contributed by atoms with Crippen LogP contribution in [-0.2, 0) is 5.75 Å². The molecule has 0 aliphatic carbocycles. The van der Waals surface area contributed by atoms with Gasteiger partial charge in [-0.05, 0) is 55.7 Å². The van der Waals surface area contributed by atoms with Crippen LogP contribution in [0.5, 0.6) is 0 Å². The van der Waals surface area contributed by atoms with E-state index in [0.717, 1.165) is 11.4 Å². The van der Waals surface area contributed by atoms with Gasteiger partial charge in [-0.3, -0.25) is 0 Å². The Morgan fingerprint density at radius 2 is 1.67 bits per heavy atom. The van der Waals surface area contributed by atoms with Gasteiger partial charge in [0.15, 0.2) is 0 Å². The van der Waals surface area contributed by atoms with E-state index in [1.165, 1.54) is 27.1 Å². The van der Waals surface area contributed by atoms with Crippen LogP contribution in [0, 0.1) is 20.8 Å². The van der Waals surface area contributed by atoms with Gasteiger partial charge in [-0.25, -0.2) is 0 Å². The quantitative estimate of drug-likeness (QED) is 0.648. The number of thioether (sulfide) groups is 1. The first-order valence-corrected chi connectivity index (χ1v) is 7.10. The highest BCUT2D eigenvalue weighted by Gasteiger charge is 2.04. The third-order valence-corrected chi connectivity index (χ3v) is 4.10. The fourth-order valence-electron chi connectivity index (χ4n) is 2.20. The van der Waals surface area contributed by atoms with Crippen molar-refractivity contribution in [1.82, 2.24) is 0 Å². The molecule has 0 heterocycles. The van der Waals surface area contributed by atoms with Gasteiger partial charge in [-0.15, -0.1) is 11.8 Å². The van der Waals surface area contributed by atoms with Crippen LogP contribution in [0.3, 0.4) is 0 Å². The first-order chi connectivity index (χ1) is 8.56. The second kappa shape index (κ2) is 5.49. The molecule has 0 amide bonds. The third-order valence-electron chi connectivity index (χ3n) is 3.08. The molecule has 0 aromatic heterocycles. The van der Waals surface area contributed by atoms with E-state index in [2.05, 4.69) is 39.0 Å². The molecule has 18 heavy (non-hydrogen) atoms. The van der Waals surface area contributed by atoms with E-state index < -0.39 is 0 Å². The summed E-state index contributed by atoms with van der Waals surface area (Å²) in [7, 11) is 0. The predicted molar refractivity (Wildman–Crippen MR) is 81.1 cm³/mol. The average molecular weight is 257 g/mol. The summed E-state index contributed by atoms with van der Waals surface area (Å²) < 4.78 is 0. The number of hydrogen-bond acceptors (Lipinski definition) is 2. The molecule has 0 aliphatic rings. The van der Waals surface area contributed by atoms with E-state index in [4.69, 9.17) is 5.73 Å². The molecule has 0 radical (unpaired) electrons. The van der Waals surface area contributed by atoms with Crippen LogP contribution in [0.15, 0.2) is 41.3 Å². The Bertz CT molecular complexity index is 538. The van der Waals surface area contributed by atoms with Gasteiger partial charge in [0.1, 0.15) is 0 Å². The number of aryl methyl sites for hydroxylation is 3. The van der Waals surface area contributed by atoms with Gasteiger partial charge in [0.2, 0.25) is 0 Å². The Balaban J connectivity index is 2.16. The molecular formula is C16H19NS. The standard InChI is InChI=1S/C16H19NS/c1-11-7-12(2)16(13(3)8-11)10-18-15-6-4-5-14(17)9-15/h4-9H,10,17H2,1-3H3. The van der Waals surface area contributed by atoms with Crippen molar-refractivity contribution < 1.29 is 0 Å². The number of anilines is 1. The Labute approximate surface area is 113 Å². The lowest BCUT2D eigenvalue weighted by Gasteiger charge is -2.11. The summed E-state index contributed by atoms with van der Waals surface area (Å²) in [5.41, 5.74) is 12.2. The van der Waals surface area contributed by atoms with E-state index in [0.29, 0.717) is 0 Å². The molecule has 0 fully saturated rings. The van der Waals surface area contributed by atoms with Crippen molar-refractivity contribution >= 4 is 17.4 Å². The topological polar surface area (TPSA) is 26.0 Å². The highest BCUT2D eigenvalue weighted by atomic mass is 32.2. The summed E-state index contributed by atoms with van der Waals surface area (Å²) in [6, 6.07) is 12.6. The molecule has 2 heteroatoms. The first kappa shape index (κ1) is 13.0. The molecule has 2 aromatic rings. The van der Waals surface area contributed by atoms with E-state index >= 15 is 0 Å². The van der Waals surface area contributed by atoms with Gasteiger partial charge in [0.05, 0.1) is 0 Å². The predicted octanol–water partition coefficient (Wildman–Crippen LogP) is 4.49. The molecule has 2 rings (SSSR count). The maximum absolute atomic E-state index is 5.79. The van der Waals surface area contributed by atoms with Gasteiger partial charge in [0, 0.05) is 16.3 Å². The fraction of sp³-hybridized carbons (Fsp3) is 0.250. The summed E-state index contributed by atoms with van der Waals surface area (Å²) in [6.45, 7) is 6.53. The normalized spacial score (nSPS) is 10.6. The molecule has 2 aromatic carbocycles. The Morgan fingerprint density at radius 1 is 1.00 bits per heavy atom. The van der Waals surface area contributed by atoms with Gasteiger partial charge < -0.3 is 5.73 Å². The molecular weight excluding hydrogens is 238 g/mol. The lowest BCUT2D eigenvalue weighted by molar-refractivity contribution is 1.21. The summed E-state index contributed by atoms with van der Waals surface area (Å²) in [5.74, 6) is 1.00. The van der Waals surface area contributed by atoms with Crippen molar-refractivity contribution in [2.45, 2.75) is 31.4 Å². The van der Waals surface area contributed by atoms with Gasteiger partial charge >= 0.3 is 0 Å². The second-order valence-electron chi connectivity index (χ2n) is 4.74. The minimum Gasteiger partial charge on any atom is -0.399 e. The molecule has 0 saturated carbocycles. The minimum atomic E-state index is 0.831. The lowest BCUT2D eigenvalue weighted by Crippen LogP contribution is -1.93. The van der Waals surface area contributed by atoms with Crippen molar-refractivity contribution in [1.29, 1.82) is 0 Å². The van der Waals surface area contributed by atoms with E-state index in [1.807, 2.05) is 30.0 Å². The summed E-state index contributed by atoms with van der Waals surface area (Å²) in [6.07, 6.45) is 0. The van der Waals surface area contributed by atoms with Gasteiger partial charge in [-0.1, -0.05) is 23.8 Å². The van der Waals surface area contributed by atoms with Crippen LogP contribution < -0.4 is 5.73 Å². The number of nitrogens with two attached hydrogens (primary N) is 1. The van der Waals surface area contributed by atoms with Crippen molar-refractivity contribution in [3.8, 4) is 0 Å². The first-order valence-electron chi connectivity index (χ1n) is 6.11. The monoisotopic (exact) mass is 257 g/mol. The molecule has 94 valence electrons. The van der Waals surface area contributed by atoms with Gasteiger partial charge in [-0.2, -0.15) is 0 Å². The highest BCUT2D eigenvalue weighted by Crippen LogP contribution is 2.27. The second-order valence-corrected chi connectivity index (χ2v) is 5.79. The molecule has 0 spiro atoms. The molecule has 2 N–H and O–H groups in total. The zero-order valence-corrected chi connectivity index (χ0v) is 12.0. The zero-order chi connectivity index (χ0) is 13.1. The van der Waals surface area contributed by atoms with Gasteiger partial charge in [0.25, 0.3) is 0 Å². The number of rotatable bonds is 3. The smallest absolute Gasteiger partial charge is 0.0325 e. The van der Waals surface area contributed by atoms with E-state index in [-0.39, 0.29) is 0 Å². The Kier molecular flexibility index (Phi) is 3.97. The Morgan fingerprint density at radius 3 is 2.28 bits per heavy atom. The largest absolute Gasteiger partial charge is 0.399 e. The molecule has 0 atom stereocenters. The van der Waals surface area contributed by atoms with Crippen LogP contribution in [-0.4, -0.2) is 0 Å². The van der Waals surface area contributed by atoms with E-state index in [1.54, 1.807) is 0 Å². The van der Waals surface area contributed by atoms with Crippen LogP contribution in [0.4, 0.5) is 5.69 Å². The summed E-state index contributed by atoms with van der Waals surface area (Å²) in [4.78, 5) is 1.23. The molecule has 0 saturated heterocycles. The SMILES string of the molecule is Cc1cc(C)c(CSc2cccc(N)c2)c(C)c1. The van der Waals surface area contributed by atoms with Crippen LogP contribution in [0.25, 0.3) is 0 Å². The van der Waals surface area contributed by atoms with Crippen molar-refractivity contribution in [2.24, 2.45) is 0 Å². The van der Waals surface area contributed by atoms with Crippen LogP contribution in [0.2, 0.25) is 0 Å². The lowest BCUT2D eigenvalue weighted by atomic mass is 10.0. The summed E-state index contributed by atoms with van der Waals surface area (Å²) >= 11 is 1.84. The molecule has 1 nitrogen and oxygen atoms in total. The molecule has 0 bridgehead atoms. The van der Waals surface area contributed by atoms with Crippen LogP contribution >= 0.6 is 11.8 Å². The maximum Gasteiger partial charge on any atom is 0.0325 e. The number of hydrogen-bond donors (Lipinski definition) is 1. The Hall–Kier alpha value is -1.41. The van der Waals surface area contributed by atoms with Crippen LogP contribution in [0.1, 0.15) is 22.3 Å². The molecule has 0 unspecified atom stereocenters. The zero-order valence-electron chi connectivity index (χ0n) is 11.2. The minimum absolute atomic E-state index is 0.831. The number of benzene rings is 2. The van der Waals surface area contributed by atoms with Crippen molar-refractivity contribution in [3.05, 3.63) is 58.7 Å². The van der Waals surface area contributed by atoms with E-state index in [9.17, 15) is 0 Å². The summed E-state index contributed by atoms with van der Waals surface area (Å²) in [5, 5.41) is 0. The molecule has 0 aliphatic heterocycles. The van der Waals surface area contributed by atoms with Crippen molar-refractivity contribution in [3.63, 3.8) is 0 Å². The van der Waals surface area contributed by atoms with Crippen molar-refractivity contribution in [2.75, 3.05) is 5.73 Å². The number of nitrogen functional groups attached to an aromatic ring is 1. The highest BCUT2D eigenvalue weighted by molar-refractivity contribution is 7.98. The maximum atomic E-state index is 5.79. The fourth-order valence-corrected chi connectivity index (χ4v) is 3.36. The average Bonchev–Trinajstić information content (AvgIpc) is 2.27.